The first-order valence-corrected chi connectivity index (χ1v) is 7.74. The Hall–Kier alpha value is -3.98. The maximum atomic E-state index is 12.5. The summed E-state index contributed by atoms with van der Waals surface area (Å²) in [6, 6.07) is 20.1. The lowest BCUT2D eigenvalue weighted by Gasteiger charge is -2.07. The summed E-state index contributed by atoms with van der Waals surface area (Å²) in [5, 5.41) is 20.4. The molecule has 0 atom stereocenters. The van der Waals surface area contributed by atoms with Crippen molar-refractivity contribution < 1.29 is 9.72 Å². The zero-order valence-corrected chi connectivity index (χ0v) is 13.6. The Morgan fingerprint density at radius 1 is 1.08 bits per heavy atom. The second-order valence-corrected chi connectivity index (χ2v) is 5.44. The van der Waals surface area contributed by atoms with Gasteiger partial charge in [-0.15, -0.1) is 0 Å². The second kappa shape index (κ2) is 7.28. The van der Waals surface area contributed by atoms with Gasteiger partial charge in [0.15, 0.2) is 0 Å². The molecule has 0 unspecified atom stereocenters. The van der Waals surface area contributed by atoms with E-state index < -0.39 is 4.92 Å². The predicted octanol–water partition coefficient (Wildman–Crippen LogP) is 4.18. The van der Waals surface area contributed by atoms with Crippen molar-refractivity contribution in [1.29, 1.82) is 5.26 Å². The molecular weight excluding hydrogens is 330 g/mol. The molecule has 0 aliphatic heterocycles. The van der Waals surface area contributed by atoms with Crippen molar-refractivity contribution in [2.24, 2.45) is 0 Å². The second-order valence-electron chi connectivity index (χ2n) is 5.44. The minimum atomic E-state index is -0.470. The van der Waals surface area contributed by atoms with Crippen LogP contribution in [0, 0.1) is 21.4 Å². The molecule has 26 heavy (non-hydrogen) atoms. The van der Waals surface area contributed by atoms with Crippen LogP contribution in [0.25, 0.3) is 11.8 Å². The number of hydrogen-bond acceptors (Lipinski definition) is 4. The smallest absolute Gasteiger partial charge is 0.271 e. The Morgan fingerprint density at radius 2 is 1.85 bits per heavy atom. The first-order chi connectivity index (χ1) is 12.6. The average Bonchev–Trinajstić information content (AvgIpc) is 3.14. The SMILES string of the molecule is N#C/C(=C\c1cccn1-c1cccc([N+](=O)[O-])c1)C(=O)c1ccccc1. The van der Waals surface area contributed by atoms with Crippen LogP contribution < -0.4 is 0 Å². The summed E-state index contributed by atoms with van der Waals surface area (Å²) in [6.45, 7) is 0. The molecule has 2 aromatic carbocycles. The number of carbonyl (C=O) groups is 1. The Labute approximate surface area is 149 Å². The molecule has 0 aliphatic carbocycles. The lowest BCUT2D eigenvalue weighted by atomic mass is 10.0. The molecule has 0 N–H and O–H groups in total. The molecule has 0 saturated heterocycles. The van der Waals surface area contributed by atoms with Gasteiger partial charge < -0.3 is 4.57 Å². The number of nitro groups is 1. The van der Waals surface area contributed by atoms with Gasteiger partial charge in [0.2, 0.25) is 5.78 Å². The van der Waals surface area contributed by atoms with E-state index in [2.05, 4.69) is 0 Å². The van der Waals surface area contributed by atoms with Gasteiger partial charge in [-0.3, -0.25) is 14.9 Å². The Kier molecular flexibility index (Phi) is 4.72. The number of nitro benzene ring substituents is 1. The number of nitrogens with zero attached hydrogens (tertiary/aromatic N) is 3. The largest absolute Gasteiger partial charge is 0.317 e. The number of hydrogen-bond donors (Lipinski definition) is 0. The van der Waals surface area contributed by atoms with E-state index in [9.17, 15) is 20.2 Å². The molecule has 0 fully saturated rings. The molecule has 6 nitrogen and oxygen atoms in total. The van der Waals surface area contributed by atoms with Gasteiger partial charge in [0.1, 0.15) is 11.6 Å². The van der Waals surface area contributed by atoms with Crippen LogP contribution in [0.1, 0.15) is 16.1 Å². The fourth-order valence-corrected chi connectivity index (χ4v) is 2.54. The summed E-state index contributed by atoms with van der Waals surface area (Å²) in [4.78, 5) is 23.0. The van der Waals surface area contributed by atoms with E-state index in [1.54, 1.807) is 65.4 Å². The minimum absolute atomic E-state index is 0.0124. The molecule has 0 radical (unpaired) electrons. The van der Waals surface area contributed by atoms with Crippen LogP contribution in [0.2, 0.25) is 0 Å². The Bertz CT molecular complexity index is 1040. The molecule has 3 aromatic rings. The van der Waals surface area contributed by atoms with E-state index in [1.165, 1.54) is 18.2 Å². The number of carbonyl (C=O) groups excluding carboxylic acids is 1. The van der Waals surface area contributed by atoms with Crippen LogP contribution in [0.3, 0.4) is 0 Å². The number of allylic oxidation sites excluding steroid dienone is 1. The van der Waals surface area contributed by atoms with Crippen molar-refractivity contribution in [2.45, 2.75) is 0 Å². The first-order valence-electron chi connectivity index (χ1n) is 7.74. The van der Waals surface area contributed by atoms with Crippen LogP contribution in [-0.4, -0.2) is 15.3 Å². The highest BCUT2D eigenvalue weighted by Gasteiger charge is 2.14. The van der Waals surface area contributed by atoms with Gasteiger partial charge >= 0.3 is 0 Å². The first kappa shape index (κ1) is 16.9. The number of ketones is 1. The number of nitriles is 1. The van der Waals surface area contributed by atoms with Crippen LogP contribution in [-0.2, 0) is 0 Å². The van der Waals surface area contributed by atoms with Gasteiger partial charge in [-0.1, -0.05) is 36.4 Å². The molecule has 0 amide bonds. The summed E-state index contributed by atoms with van der Waals surface area (Å²) in [6.07, 6.45) is 3.20. The van der Waals surface area contributed by atoms with Crippen molar-refractivity contribution in [3.05, 3.63) is 99.9 Å². The standard InChI is InChI=1S/C20H13N3O3/c21-14-16(20(24)15-6-2-1-3-7-15)12-17-10-5-11-22(17)18-8-4-9-19(13-18)23(25)26/h1-13H/b16-12+. The van der Waals surface area contributed by atoms with Crippen molar-refractivity contribution in [2.75, 3.05) is 0 Å². The summed E-state index contributed by atoms with van der Waals surface area (Å²) in [7, 11) is 0. The topological polar surface area (TPSA) is 88.9 Å². The van der Waals surface area contributed by atoms with Crippen molar-refractivity contribution in [1.82, 2.24) is 4.57 Å². The van der Waals surface area contributed by atoms with Crippen LogP contribution in [0.4, 0.5) is 5.69 Å². The van der Waals surface area contributed by atoms with Gasteiger partial charge in [-0.2, -0.15) is 5.26 Å². The number of aromatic nitrogens is 1. The predicted molar refractivity (Wildman–Crippen MR) is 96.8 cm³/mol. The highest BCUT2D eigenvalue weighted by atomic mass is 16.6. The monoisotopic (exact) mass is 343 g/mol. The molecule has 0 saturated carbocycles. The third-order valence-corrected chi connectivity index (χ3v) is 3.79. The lowest BCUT2D eigenvalue weighted by molar-refractivity contribution is -0.384. The van der Waals surface area contributed by atoms with Crippen molar-refractivity contribution >= 4 is 17.5 Å². The molecule has 0 aliphatic rings. The third-order valence-electron chi connectivity index (χ3n) is 3.79. The molecule has 126 valence electrons. The summed E-state index contributed by atoms with van der Waals surface area (Å²) in [5.74, 6) is -0.375. The van der Waals surface area contributed by atoms with Gasteiger partial charge in [0.05, 0.1) is 10.6 Å². The number of benzene rings is 2. The molecule has 0 bridgehead atoms. The number of Topliss-reactive ketones (excluding diaryl/α,β-unsaturated/α-hetero) is 1. The molecule has 1 heterocycles. The van der Waals surface area contributed by atoms with Crippen LogP contribution >= 0.6 is 0 Å². The molecule has 3 rings (SSSR count). The van der Waals surface area contributed by atoms with Crippen LogP contribution in [0.15, 0.2) is 78.5 Å². The lowest BCUT2D eigenvalue weighted by Crippen LogP contribution is -2.03. The highest BCUT2D eigenvalue weighted by Crippen LogP contribution is 2.21. The van der Waals surface area contributed by atoms with E-state index in [-0.39, 0.29) is 17.0 Å². The Morgan fingerprint density at radius 3 is 2.54 bits per heavy atom. The van der Waals surface area contributed by atoms with E-state index in [0.29, 0.717) is 16.9 Å². The molecule has 0 spiro atoms. The maximum Gasteiger partial charge on any atom is 0.271 e. The fourth-order valence-electron chi connectivity index (χ4n) is 2.54. The molecule has 6 heteroatoms. The summed E-state index contributed by atoms with van der Waals surface area (Å²) >= 11 is 0. The van der Waals surface area contributed by atoms with E-state index in [0.717, 1.165) is 0 Å². The van der Waals surface area contributed by atoms with Gasteiger partial charge in [-0.25, -0.2) is 0 Å². The highest BCUT2D eigenvalue weighted by molar-refractivity contribution is 6.13. The zero-order chi connectivity index (χ0) is 18.5. The molecule has 1 aromatic heterocycles. The van der Waals surface area contributed by atoms with E-state index in [4.69, 9.17) is 0 Å². The van der Waals surface area contributed by atoms with E-state index in [1.807, 2.05) is 6.07 Å². The quantitative estimate of drug-likeness (QED) is 0.228. The normalized spacial score (nSPS) is 11.0. The Balaban J connectivity index is 2.01. The van der Waals surface area contributed by atoms with E-state index >= 15 is 0 Å². The zero-order valence-electron chi connectivity index (χ0n) is 13.6. The summed E-state index contributed by atoms with van der Waals surface area (Å²) < 4.78 is 1.68. The third kappa shape index (κ3) is 3.42. The average molecular weight is 343 g/mol. The van der Waals surface area contributed by atoms with Crippen LogP contribution in [0.5, 0.6) is 0 Å². The van der Waals surface area contributed by atoms with Crippen molar-refractivity contribution in [3.8, 4) is 11.8 Å². The maximum absolute atomic E-state index is 12.5. The van der Waals surface area contributed by atoms with Gasteiger partial charge in [0, 0.05) is 29.6 Å². The molecular formula is C20H13N3O3. The van der Waals surface area contributed by atoms with Gasteiger partial charge in [0.25, 0.3) is 5.69 Å². The van der Waals surface area contributed by atoms with Gasteiger partial charge in [-0.05, 0) is 24.3 Å². The number of non-ortho nitro benzene ring substituents is 1. The minimum Gasteiger partial charge on any atom is -0.317 e. The number of rotatable bonds is 5. The summed E-state index contributed by atoms with van der Waals surface area (Å²) in [5.41, 5.74) is 1.52. The van der Waals surface area contributed by atoms with Crippen molar-refractivity contribution in [3.63, 3.8) is 0 Å². The fraction of sp³-hybridized carbons (Fsp3) is 0.